The van der Waals surface area contributed by atoms with Gasteiger partial charge in [-0.05, 0) is 11.6 Å². The summed E-state index contributed by atoms with van der Waals surface area (Å²) in [5.74, 6) is -0.865. The number of halogens is 1. The molecule has 74 valence electrons. The Balaban J connectivity index is 3.06. The quantitative estimate of drug-likeness (QED) is 0.592. The van der Waals surface area contributed by atoms with Crippen molar-refractivity contribution in [3.05, 3.63) is 45.8 Å². The fourth-order valence-electron chi connectivity index (χ4n) is 0.962. The van der Waals surface area contributed by atoms with Gasteiger partial charge in [-0.3, -0.25) is 10.1 Å². The molecule has 4 nitrogen and oxygen atoms in total. The van der Waals surface area contributed by atoms with Gasteiger partial charge in [-0.2, -0.15) is 4.39 Å². The fraction of sp³-hybridized carbons (Fsp3) is 0.111. The second-order valence-corrected chi connectivity index (χ2v) is 2.55. The maximum atomic E-state index is 12.8. The molecule has 0 saturated heterocycles. The first kappa shape index (κ1) is 10.3. The summed E-state index contributed by atoms with van der Waals surface area (Å²) in [6.07, 6.45) is 2.89. The van der Waals surface area contributed by atoms with Crippen LogP contribution >= 0.6 is 0 Å². The van der Waals surface area contributed by atoms with Crippen LogP contribution in [0.25, 0.3) is 6.08 Å². The smallest absolute Gasteiger partial charge is 0.305 e. The topological polar surface area (TPSA) is 63.4 Å². The Bertz CT molecular complexity index is 376. The van der Waals surface area contributed by atoms with Crippen LogP contribution in [0.1, 0.15) is 5.56 Å². The highest BCUT2D eigenvalue weighted by atomic mass is 19.1. The molecule has 1 rings (SSSR count). The van der Waals surface area contributed by atoms with Gasteiger partial charge >= 0.3 is 5.69 Å². The van der Waals surface area contributed by atoms with Crippen LogP contribution in [-0.4, -0.2) is 16.6 Å². The zero-order valence-electron chi connectivity index (χ0n) is 7.18. The van der Waals surface area contributed by atoms with Crippen molar-refractivity contribution in [3.63, 3.8) is 0 Å². The lowest BCUT2D eigenvalue weighted by atomic mass is 10.2. The Morgan fingerprint density at radius 1 is 1.57 bits per heavy atom. The summed E-state index contributed by atoms with van der Waals surface area (Å²) < 4.78 is 12.8. The van der Waals surface area contributed by atoms with E-state index in [9.17, 15) is 14.5 Å². The van der Waals surface area contributed by atoms with Gasteiger partial charge in [0, 0.05) is 6.07 Å². The summed E-state index contributed by atoms with van der Waals surface area (Å²) in [5.41, 5.74) is -0.0859. The zero-order chi connectivity index (χ0) is 10.6. The lowest BCUT2D eigenvalue weighted by molar-refractivity contribution is -0.387. The Morgan fingerprint density at radius 2 is 2.29 bits per heavy atom. The number of aliphatic hydroxyl groups is 1. The highest BCUT2D eigenvalue weighted by Gasteiger charge is 2.12. The highest BCUT2D eigenvalue weighted by molar-refractivity contribution is 5.53. The minimum atomic E-state index is -0.865. The van der Waals surface area contributed by atoms with Gasteiger partial charge in [-0.15, -0.1) is 0 Å². The number of rotatable bonds is 3. The standard InChI is InChI=1S/C9H8FNO3/c10-8-4-3-7(2-1-5-12)6-9(8)11(13)14/h1-4,6,12H,5H2/b2-1+. The van der Waals surface area contributed by atoms with Crippen molar-refractivity contribution in [2.75, 3.05) is 6.61 Å². The van der Waals surface area contributed by atoms with E-state index in [0.717, 1.165) is 12.1 Å². The molecule has 0 aliphatic carbocycles. The van der Waals surface area contributed by atoms with Crippen LogP contribution in [0.4, 0.5) is 10.1 Å². The molecule has 0 unspecified atom stereocenters. The molecule has 0 atom stereocenters. The predicted molar refractivity (Wildman–Crippen MR) is 49.2 cm³/mol. The lowest BCUT2D eigenvalue weighted by Crippen LogP contribution is -1.92. The van der Waals surface area contributed by atoms with E-state index < -0.39 is 16.4 Å². The van der Waals surface area contributed by atoms with Crippen molar-refractivity contribution in [2.24, 2.45) is 0 Å². The van der Waals surface area contributed by atoms with Crippen LogP contribution in [0.2, 0.25) is 0 Å². The van der Waals surface area contributed by atoms with Crippen LogP contribution in [0.3, 0.4) is 0 Å². The minimum Gasteiger partial charge on any atom is -0.392 e. The Morgan fingerprint density at radius 3 is 2.86 bits per heavy atom. The molecule has 0 aliphatic rings. The number of nitrogens with zero attached hydrogens (tertiary/aromatic N) is 1. The molecule has 0 aromatic heterocycles. The molecule has 1 aromatic carbocycles. The largest absolute Gasteiger partial charge is 0.392 e. The zero-order valence-corrected chi connectivity index (χ0v) is 7.18. The molecule has 0 fully saturated rings. The van der Waals surface area contributed by atoms with Gasteiger partial charge in [0.25, 0.3) is 0 Å². The predicted octanol–water partition coefficient (Wildman–Crippen LogP) is 1.74. The normalized spacial score (nSPS) is 10.7. The molecule has 0 saturated carbocycles. The van der Waals surface area contributed by atoms with Crippen molar-refractivity contribution >= 4 is 11.8 Å². The van der Waals surface area contributed by atoms with Crippen molar-refractivity contribution in [1.82, 2.24) is 0 Å². The van der Waals surface area contributed by atoms with E-state index in [1.165, 1.54) is 18.2 Å². The number of hydrogen-bond donors (Lipinski definition) is 1. The third-order valence-corrected chi connectivity index (χ3v) is 1.58. The van der Waals surface area contributed by atoms with Gasteiger partial charge in [-0.1, -0.05) is 18.2 Å². The minimum absolute atomic E-state index is 0.162. The van der Waals surface area contributed by atoms with Gasteiger partial charge in [-0.25, -0.2) is 0 Å². The van der Waals surface area contributed by atoms with Gasteiger partial charge in [0.05, 0.1) is 11.5 Å². The number of nitro benzene ring substituents is 1. The average molecular weight is 197 g/mol. The van der Waals surface area contributed by atoms with Crippen LogP contribution < -0.4 is 0 Å². The van der Waals surface area contributed by atoms with Crippen molar-refractivity contribution in [2.45, 2.75) is 0 Å². The van der Waals surface area contributed by atoms with Crippen LogP contribution in [0.5, 0.6) is 0 Å². The van der Waals surface area contributed by atoms with Gasteiger partial charge in [0.15, 0.2) is 0 Å². The van der Waals surface area contributed by atoms with Gasteiger partial charge < -0.3 is 5.11 Å². The van der Waals surface area contributed by atoms with Crippen molar-refractivity contribution < 1.29 is 14.4 Å². The van der Waals surface area contributed by atoms with Crippen LogP contribution in [0.15, 0.2) is 24.3 Å². The second-order valence-electron chi connectivity index (χ2n) is 2.55. The third kappa shape index (κ3) is 2.37. The molecule has 5 heteroatoms. The van der Waals surface area contributed by atoms with E-state index in [0.29, 0.717) is 5.56 Å². The third-order valence-electron chi connectivity index (χ3n) is 1.58. The maximum absolute atomic E-state index is 12.8. The fourth-order valence-corrected chi connectivity index (χ4v) is 0.962. The molecule has 0 spiro atoms. The van der Waals surface area contributed by atoms with Gasteiger partial charge in [0.2, 0.25) is 5.82 Å². The Labute approximate surface area is 79.4 Å². The molecular formula is C9H8FNO3. The van der Waals surface area contributed by atoms with Crippen LogP contribution in [0, 0.1) is 15.9 Å². The Kier molecular flexibility index (Phi) is 3.30. The molecule has 0 amide bonds. The molecule has 0 heterocycles. The SMILES string of the molecule is O=[N+]([O-])c1cc(/C=C/CO)ccc1F. The first-order valence-corrected chi connectivity index (χ1v) is 3.86. The molecule has 14 heavy (non-hydrogen) atoms. The second kappa shape index (κ2) is 4.48. The number of benzene rings is 1. The maximum Gasteiger partial charge on any atom is 0.305 e. The summed E-state index contributed by atoms with van der Waals surface area (Å²) in [6, 6.07) is 3.53. The van der Waals surface area contributed by atoms with E-state index in [1.54, 1.807) is 0 Å². The molecule has 0 bridgehead atoms. The van der Waals surface area contributed by atoms with Gasteiger partial charge in [0.1, 0.15) is 0 Å². The first-order chi connectivity index (χ1) is 6.65. The summed E-state index contributed by atoms with van der Waals surface area (Å²) >= 11 is 0. The molecular weight excluding hydrogens is 189 g/mol. The summed E-state index contributed by atoms with van der Waals surface area (Å²) in [6.45, 7) is -0.162. The highest BCUT2D eigenvalue weighted by Crippen LogP contribution is 2.19. The molecule has 1 aromatic rings. The van der Waals surface area contributed by atoms with Crippen molar-refractivity contribution in [1.29, 1.82) is 0 Å². The monoisotopic (exact) mass is 197 g/mol. The number of nitro groups is 1. The summed E-state index contributed by atoms with van der Waals surface area (Å²) in [4.78, 5) is 9.55. The molecule has 0 aliphatic heterocycles. The molecule has 1 N–H and O–H groups in total. The average Bonchev–Trinajstić information content (AvgIpc) is 2.16. The first-order valence-electron chi connectivity index (χ1n) is 3.86. The number of aliphatic hydroxyl groups excluding tert-OH is 1. The van der Waals surface area contributed by atoms with E-state index in [2.05, 4.69) is 0 Å². The molecule has 0 radical (unpaired) electrons. The van der Waals surface area contributed by atoms with Crippen LogP contribution in [-0.2, 0) is 0 Å². The van der Waals surface area contributed by atoms with E-state index in [4.69, 9.17) is 5.11 Å². The van der Waals surface area contributed by atoms with E-state index >= 15 is 0 Å². The van der Waals surface area contributed by atoms with Crippen molar-refractivity contribution in [3.8, 4) is 0 Å². The lowest BCUT2D eigenvalue weighted by Gasteiger charge is -1.95. The van der Waals surface area contributed by atoms with E-state index in [1.807, 2.05) is 0 Å². The summed E-state index contributed by atoms with van der Waals surface area (Å²) in [7, 11) is 0. The Hall–Kier alpha value is -1.75. The number of hydrogen-bond acceptors (Lipinski definition) is 3. The van der Waals surface area contributed by atoms with E-state index in [-0.39, 0.29) is 6.61 Å². The summed E-state index contributed by atoms with van der Waals surface area (Å²) in [5, 5.41) is 18.8.